The molecular weight excluding hydrogens is 434 g/mol. The summed E-state index contributed by atoms with van der Waals surface area (Å²) >= 11 is 0. The van der Waals surface area contributed by atoms with Crippen molar-refractivity contribution in [3.05, 3.63) is 77.1 Å². The number of nitrogens with zero attached hydrogens (tertiary/aromatic N) is 1. The molecule has 0 radical (unpaired) electrons. The van der Waals surface area contributed by atoms with E-state index in [0.717, 1.165) is 5.56 Å². The van der Waals surface area contributed by atoms with Crippen molar-refractivity contribution in [3.8, 4) is 11.5 Å². The van der Waals surface area contributed by atoms with Crippen molar-refractivity contribution in [2.45, 2.75) is 39.3 Å². The Hall–Kier alpha value is -3.58. The second-order valence-electron chi connectivity index (χ2n) is 8.20. The molecule has 34 heavy (non-hydrogen) atoms. The Labute approximate surface area is 199 Å². The zero-order valence-corrected chi connectivity index (χ0v) is 19.7. The van der Waals surface area contributed by atoms with Gasteiger partial charge in [0.05, 0.1) is 24.3 Å². The van der Waals surface area contributed by atoms with Crippen LogP contribution >= 0.6 is 0 Å². The minimum Gasteiger partial charge on any atom is -0.504 e. The molecule has 1 aliphatic rings. The lowest BCUT2D eigenvalue weighted by Gasteiger charge is -2.27. The number of allylic oxidation sites excluding steroid dienone is 1. The van der Waals surface area contributed by atoms with Crippen molar-refractivity contribution in [3.63, 3.8) is 0 Å². The third-order valence-corrected chi connectivity index (χ3v) is 5.39. The lowest BCUT2D eigenvalue weighted by molar-refractivity contribution is -0.129. The second-order valence-corrected chi connectivity index (χ2v) is 8.20. The molecule has 2 N–H and O–H groups in total. The SMILES string of the molecule is CCOc1cc([C@@H]2C(C(=O)/C=C/c3ccccc3)=C(O)C(=O)N2CCCOC(C)C)ccc1O. The Morgan fingerprint density at radius 1 is 1.15 bits per heavy atom. The van der Waals surface area contributed by atoms with Crippen LogP contribution in [0.4, 0.5) is 0 Å². The van der Waals surface area contributed by atoms with Gasteiger partial charge in [0.2, 0.25) is 0 Å². The third-order valence-electron chi connectivity index (χ3n) is 5.39. The molecule has 1 heterocycles. The maximum atomic E-state index is 13.2. The van der Waals surface area contributed by atoms with Gasteiger partial charge in [-0.1, -0.05) is 42.5 Å². The molecule has 2 aromatic rings. The lowest BCUT2D eigenvalue weighted by atomic mass is 9.95. The highest BCUT2D eigenvalue weighted by Crippen LogP contribution is 2.40. The number of phenolic OH excluding ortho intramolecular Hbond substituents is 1. The molecule has 0 aromatic heterocycles. The Kier molecular flexibility index (Phi) is 8.49. The molecule has 0 bridgehead atoms. The molecule has 1 atom stereocenters. The maximum Gasteiger partial charge on any atom is 0.290 e. The van der Waals surface area contributed by atoms with Gasteiger partial charge in [-0.3, -0.25) is 9.59 Å². The molecule has 2 aromatic carbocycles. The number of ether oxygens (including phenoxy) is 2. The van der Waals surface area contributed by atoms with Crippen LogP contribution in [0.5, 0.6) is 11.5 Å². The monoisotopic (exact) mass is 465 g/mol. The summed E-state index contributed by atoms with van der Waals surface area (Å²) in [5.74, 6) is -1.45. The number of aliphatic hydroxyl groups excluding tert-OH is 1. The summed E-state index contributed by atoms with van der Waals surface area (Å²) in [5, 5.41) is 20.8. The highest BCUT2D eigenvalue weighted by Gasteiger charge is 2.42. The normalized spacial score (nSPS) is 16.2. The first-order chi connectivity index (χ1) is 16.3. The average molecular weight is 466 g/mol. The van der Waals surface area contributed by atoms with Gasteiger partial charge in [-0.05, 0) is 56.5 Å². The molecule has 1 aliphatic heterocycles. The Morgan fingerprint density at radius 3 is 2.56 bits per heavy atom. The quantitative estimate of drug-likeness (QED) is 0.372. The van der Waals surface area contributed by atoms with Crippen molar-refractivity contribution in [2.24, 2.45) is 0 Å². The van der Waals surface area contributed by atoms with Crippen LogP contribution in [-0.2, 0) is 14.3 Å². The van der Waals surface area contributed by atoms with E-state index in [1.54, 1.807) is 25.1 Å². The van der Waals surface area contributed by atoms with E-state index in [9.17, 15) is 19.8 Å². The zero-order valence-electron chi connectivity index (χ0n) is 19.7. The van der Waals surface area contributed by atoms with Crippen LogP contribution in [0.2, 0.25) is 0 Å². The topological polar surface area (TPSA) is 96.3 Å². The van der Waals surface area contributed by atoms with Crippen molar-refractivity contribution >= 4 is 17.8 Å². The molecular formula is C27H31NO6. The van der Waals surface area contributed by atoms with Gasteiger partial charge in [0.15, 0.2) is 23.0 Å². The molecule has 1 amide bonds. The number of phenols is 1. The third kappa shape index (κ3) is 5.85. The van der Waals surface area contributed by atoms with Crippen LogP contribution in [0.25, 0.3) is 6.08 Å². The number of amides is 1. The van der Waals surface area contributed by atoms with Gasteiger partial charge in [-0.15, -0.1) is 0 Å². The summed E-state index contributed by atoms with van der Waals surface area (Å²) in [6.07, 6.45) is 3.59. The number of carbonyl (C=O) groups is 2. The van der Waals surface area contributed by atoms with Gasteiger partial charge in [-0.25, -0.2) is 0 Å². The minimum absolute atomic E-state index is 0.00454. The summed E-state index contributed by atoms with van der Waals surface area (Å²) in [6, 6.07) is 13.2. The van der Waals surface area contributed by atoms with Gasteiger partial charge < -0.3 is 24.6 Å². The van der Waals surface area contributed by atoms with E-state index in [2.05, 4.69) is 0 Å². The molecule has 0 spiro atoms. The molecule has 180 valence electrons. The van der Waals surface area contributed by atoms with Gasteiger partial charge in [0.25, 0.3) is 5.91 Å². The van der Waals surface area contributed by atoms with E-state index in [0.29, 0.717) is 25.2 Å². The van der Waals surface area contributed by atoms with Gasteiger partial charge in [0.1, 0.15) is 0 Å². The van der Waals surface area contributed by atoms with E-state index in [4.69, 9.17) is 9.47 Å². The van der Waals surface area contributed by atoms with Crippen LogP contribution in [0.15, 0.2) is 65.9 Å². The fourth-order valence-electron chi connectivity index (χ4n) is 3.83. The second kappa shape index (κ2) is 11.5. The number of hydrogen-bond acceptors (Lipinski definition) is 6. The standard InChI is InChI=1S/C27H31NO6/c1-4-33-23-17-20(12-14-21(23)29)25-24(22(30)13-11-19-9-6-5-7-10-19)26(31)27(32)28(25)15-8-16-34-18(2)3/h5-7,9-14,17-18,25,29,31H,4,8,15-16H2,1-3H3/b13-11+/t25-/m1/s1. The molecule has 0 saturated carbocycles. The Balaban J connectivity index is 1.96. The summed E-state index contributed by atoms with van der Waals surface area (Å²) in [6.45, 7) is 6.71. The first-order valence-corrected chi connectivity index (χ1v) is 11.4. The van der Waals surface area contributed by atoms with E-state index in [-0.39, 0.29) is 29.7 Å². The summed E-state index contributed by atoms with van der Waals surface area (Å²) in [5.41, 5.74) is 1.37. The highest BCUT2D eigenvalue weighted by molar-refractivity contribution is 6.14. The van der Waals surface area contributed by atoms with Crippen molar-refractivity contribution in [1.82, 2.24) is 4.90 Å². The highest BCUT2D eigenvalue weighted by atomic mass is 16.5. The van der Waals surface area contributed by atoms with E-state index in [1.807, 2.05) is 44.2 Å². The smallest absolute Gasteiger partial charge is 0.290 e. The molecule has 0 unspecified atom stereocenters. The fraction of sp³-hybridized carbons (Fsp3) is 0.333. The van der Waals surface area contributed by atoms with Crippen LogP contribution in [-0.4, -0.2) is 52.7 Å². The number of aliphatic hydroxyl groups is 1. The van der Waals surface area contributed by atoms with E-state index in [1.165, 1.54) is 17.0 Å². The van der Waals surface area contributed by atoms with E-state index < -0.39 is 23.5 Å². The molecule has 7 nitrogen and oxygen atoms in total. The van der Waals surface area contributed by atoms with Crippen molar-refractivity contribution in [2.75, 3.05) is 19.8 Å². The number of benzene rings is 2. The Bertz CT molecular complexity index is 1070. The molecule has 7 heteroatoms. The molecule has 3 rings (SSSR count). The number of ketones is 1. The van der Waals surface area contributed by atoms with Crippen molar-refractivity contribution < 1.29 is 29.3 Å². The van der Waals surface area contributed by atoms with Gasteiger partial charge >= 0.3 is 0 Å². The number of hydrogen-bond donors (Lipinski definition) is 2. The van der Waals surface area contributed by atoms with Gasteiger partial charge in [-0.2, -0.15) is 0 Å². The van der Waals surface area contributed by atoms with Gasteiger partial charge in [0, 0.05) is 13.2 Å². The Morgan fingerprint density at radius 2 is 1.88 bits per heavy atom. The average Bonchev–Trinajstić information content (AvgIpc) is 3.07. The van der Waals surface area contributed by atoms with Crippen LogP contribution in [0.3, 0.4) is 0 Å². The van der Waals surface area contributed by atoms with Crippen LogP contribution < -0.4 is 4.74 Å². The summed E-state index contributed by atoms with van der Waals surface area (Å²) in [7, 11) is 0. The fourth-order valence-corrected chi connectivity index (χ4v) is 3.83. The predicted octanol–water partition coefficient (Wildman–Crippen LogP) is 4.58. The number of rotatable bonds is 11. The van der Waals surface area contributed by atoms with Crippen LogP contribution in [0, 0.1) is 0 Å². The predicted molar refractivity (Wildman–Crippen MR) is 130 cm³/mol. The largest absolute Gasteiger partial charge is 0.504 e. The summed E-state index contributed by atoms with van der Waals surface area (Å²) in [4.78, 5) is 27.7. The van der Waals surface area contributed by atoms with E-state index >= 15 is 0 Å². The first kappa shape index (κ1) is 25.1. The summed E-state index contributed by atoms with van der Waals surface area (Å²) < 4.78 is 11.1. The maximum absolute atomic E-state index is 13.2. The first-order valence-electron chi connectivity index (χ1n) is 11.4. The molecule has 0 aliphatic carbocycles. The number of aromatic hydroxyl groups is 1. The lowest BCUT2D eigenvalue weighted by Crippen LogP contribution is -2.32. The molecule has 0 fully saturated rings. The number of carbonyl (C=O) groups excluding carboxylic acids is 2. The van der Waals surface area contributed by atoms with Crippen molar-refractivity contribution in [1.29, 1.82) is 0 Å². The zero-order chi connectivity index (χ0) is 24.7. The minimum atomic E-state index is -0.820. The molecule has 0 saturated heterocycles. The van der Waals surface area contributed by atoms with Crippen LogP contribution in [0.1, 0.15) is 44.4 Å².